The Morgan fingerprint density at radius 3 is 2.18 bits per heavy atom. The largest absolute Gasteiger partial charge is 0.449 e. The van der Waals surface area contributed by atoms with E-state index in [1.54, 1.807) is 18.3 Å². The van der Waals surface area contributed by atoms with Gasteiger partial charge < -0.3 is 48.2 Å². The first kappa shape index (κ1) is 42.6. The van der Waals surface area contributed by atoms with Crippen LogP contribution in [0.1, 0.15) is 61.6 Å². The SMILES string of the molecule is C[C@@H]1NC(=O)[C@@H](NC(=O)OCC2c3ccccc3-c3ccccc32)C/C=C\C[C@@H](C(N)=O)NC(=O)[C@H](CCCN=C(N)N)CC(=O)[C@H](Cc2c[nH]c3ccccc23)NC1=O. The van der Waals surface area contributed by atoms with E-state index in [4.69, 9.17) is 21.9 Å². The number of para-hydroxylation sites is 1. The molecule has 2 aliphatic rings. The number of nitrogens with one attached hydrogen (secondary N) is 5. The summed E-state index contributed by atoms with van der Waals surface area (Å²) in [6.45, 7) is 1.66. The summed E-state index contributed by atoms with van der Waals surface area (Å²) in [5, 5.41) is 11.6. The number of H-pyrrole nitrogens is 1. The van der Waals surface area contributed by atoms with Gasteiger partial charge >= 0.3 is 6.09 Å². The second-order valence-electron chi connectivity index (χ2n) is 15.1. The van der Waals surface area contributed by atoms with Crippen LogP contribution >= 0.6 is 0 Å². The Labute approximate surface area is 347 Å². The molecule has 0 saturated heterocycles. The van der Waals surface area contributed by atoms with Gasteiger partial charge in [0.25, 0.3) is 0 Å². The maximum absolute atomic E-state index is 14.2. The summed E-state index contributed by atoms with van der Waals surface area (Å²) < 4.78 is 5.71. The van der Waals surface area contributed by atoms with E-state index in [1.165, 1.54) is 6.92 Å². The van der Waals surface area contributed by atoms with Gasteiger partial charge in [0.15, 0.2) is 11.7 Å². The molecule has 1 aromatic heterocycles. The number of primary amides is 1. The molecule has 4 aromatic rings. The molecule has 5 amide bonds. The van der Waals surface area contributed by atoms with E-state index in [2.05, 4.69) is 31.2 Å². The molecule has 11 N–H and O–H groups in total. The fraction of sp³-hybridized carbons (Fsp3) is 0.341. The van der Waals surface area contributed by atoms with Crippen molar-refractivity contribution in [3.05, 3.63) is 108 Å². The first-order chi connectivity index (χ1) is 28.9. The molecule has 2 heterocycles. The molecule has 0 bridgehead atoms. The number of alkyl carbamates (subject to hydrolysis) is 1. The lowest BCUT2D eigenvalue weighted by atomic mass is 9.90. The molecule has 0 unspecified atom stereocenters. The highest BCUT2D eigenvalue weighted by Gasteiger charge is 2.33. The Morgan fingerprint density at radius 2 is 1.48 bits per heavy atom. The molecule has 0 saturated carbocycles. The van der Waals surface area contributed by atoms with Gasteiger partial charge in [0, 0.05) is 48.3 Å². The molecule has 1 aliphatic heterocycles. The second-order valence-corrected chi connectivity index (χ2v) is 15.1. The van der Waals surface area contributed by atoms with Gasteiger partial charge in [0.05, 0.1) is 6.04 Å². The molecular weight excluding hydrogens is 767 g/mol. The van der Waals surface area contributed by atoms with Crippen molar-refractivity contribution in [1.29, 1.82) is 0 Å². The number of Topliss-reactive ketones (excluding diaryl/α,β-unsaturated/α-hetero) is 1. The average molecular weight is 818 g/mol. The van der Waals surface area contributed by atoms with E-state index in [9.17, 15) is 28.8 Å². The minimum absolute atomic E-state index is 0.00393. The summed E-state index contributed by atoms with van der Waals surface area (Å²) >= 11 is 0. The monoisotopic (exact) mass is 817 g/mol. The normalized spacial score (nSPS) is 22.0. The number of aliphatic imine (C=N–C) groups is 1. The number of ether oxygens (including phenoxy) is 1. The maximum Gasteiger partial charge on any atom is 0.407 e. The van der Waals surface area contributed by atoms with Crippen LogP contribution in [0.15, 0.2) is 96.1 Å². The first-order valence-corrected chi connectivity index (χ1v) is 20.0. The number of guanidine groups is 1. The van der Waals surface area contributed by atoms with Crippen LogP contribution in [0, 0.1) is 5.92 Å². The summed E-state index contributed by atoms with van der Waals surface area (Å²) in [7, 11) is 0. The Balaban J connectivity index is 1.23. The Morgan fingerprint density at radius 1 is 0.817 bits per heavy atom. The van der Waals surface area contributed by atoms with Gasteiger partial charge in [-0.1, -0.05) is 78.9 Å². The van der Waals surface area contributed by atoms with E-state index >= 15 is 0 Å². The van der Waals surface area contributed by atoms with Crippen LogP contribution in [-0.4, -0.2) is 83.8 Å². The minimum atomic E-state index is -1.22. The summed E-state index contributed by atoms with van der Waals surface area (Å²) in [5.41, 5.74) is 22.4. The molecule has 6 rings (SSSR count). The molecule has 5 atom stereocenters. The van der Waals surface area contributed by atoms with E-state index in [1.807, 2.05) is 72.8 Å². The van der Waals surface area contributed by atoms with E-state index in [-0.39, 0.29) is 57.1 Å². The highest BCUT2D eigenvalue weighted by atomic mass is 16.5. The molecule has 0 spiro atoms. The fourth-order valence-corrected chi connectivity index (χ4v) is 7.71. The van der Waals surface area contributed by atoms with E-state index < -0.39 is 65.6 Å². The lowest BCUT2D eigenvalue weighted by Crippen LogP contribution is -2.55. The Kier molecular flexibility index (Phi) is 14.0. The quantitative estimate of drug-likeness (QED) is 0.0505. The maximum atomic E-state index is 14.2. The van der Waals surface area contributed by atoms with Crippen molar-refractivity contribution in [3.63, 3.8) is 0 Å². The van der Waals surface area contributed by atoms with Crippen molar-refractivity contribution >= 4 is 52.4 Å². The third-order valence-electron chi connectivity index (χ3n) is 10.9. The standard InChI is InChI=1S/C44H51N9O7/c1-25-40(56)52-37(21-27-23-49-34-17-7-6-12-28(27)34)38(54)22-26(11-10-20-48-43(46)47)41(57)51-35(39(45)55)18-8-9-19-36(42(58)50-25)53-44(59)60-24-33-31-15-4-2-13-29(31)30-14-3-5-16-32(30)33/h2-9,12-17,23,25-26,33,35-37,49H,10-11,18-22,24H2,1H3,(H2,45,55)(H,50,58)(H,51,57)(H,52,56)(H,53,59)(H4,46,47,48)/b9-8-/t25-,26+,35-,36-,37-/m0/s1. The second kappa shape index (κ2) is 19.7. The van der Waals surface area contributed by atoms with Crippen LogP contribution in [0.4, 0.5) is 4.79 Å². The number of benzene rings is 3. The number of ketones is 1. The minimum Gasteiger partial charge on any atom is -0.449 e. The molecule has 0 fully saturated rings. The molecule has 1 aliphatic carbocycles. The highest BCUT2D eigenvalue weighted by Crippen LogP contribution is 2.44. The molecular formula is C44H51N9O7. The number of aromatic amines is 1. The Bertz CT molecular complexity index is 2250. The van der Waals surface area contributed by atoms with E-state index in [0.717, 1.165) is 38.7 Å². The van der Waals surface area contributed by atoms with Crippen LogP contribution in [-0.2, 0) is 35.1 Å². The average Bonchev–Trinajstić information content (AvgIpc) is 3.79. The predicted octanol–water partition coefficient (Wildman–Crippen LogP) is 2.56. The van der Waals surface area contributed by atoms with Gasteiger partial charge in [-0.2, -0.15) is 0 Å². The van der Waals surface area contributed by atoms with Crippen molar-refractivity contribution in [3.8, 4) is 11.1 Å². The Hall–Kier alpha value is -6.97. The number of nitrogens with zero attached hydrogens (tertiary/aromatic N) is 1. The number of rotatable bonds is 10. The molecule has 60 heavy (non-hydrogen) atoms. The highest BCUT2D eigenvalue weighted by molar-refractivity contribution is 5.97. The number of hydrogen-bond acceptors (Lipinski definition) is 8. The molecule has 16 nitrogen and oxygen atoms in total. The van der Waals surface area contributed by atoms with Gasteiger partial charge in [-0.25, -0.2) is 4.79 Å². The zero-order chi connectivity index (χ0) is 42.8. The number of fused-ring (bicyclic) bond motifs is 4. The van der Waals surface area contributed by atoms with Crippen LogP contribution in [0.25, 0.3) is 22.0 Å². The summed E-state index contributed by atoms with van der Waals surface area (Å²) in [6, 6.07) is 18.6. The van der Waals surface area contributed by atoms with Gasteiger partial charge in [-0.3, -0.25) is 29.0 Å². The topological polar surface area (TPSA) is 266 Å². The van der Waals surface area contributed by atoms with Crippen molar-refractivity contribution in [1.82, 2.24) is 26.3 Å². The number of amides is 5. The molecule has 3 aromatic carbocycles. The molecule has 16 heteroatoms. The van der Waals surface area contributed by atoms with Crippen molar-refractivity contribution in [2.24, 2.45) is 28.1 Å². The number of carbonyl (C=O) groups is 6. The summed E-state index contributed by atoms with van der Waals surface area (Å²) in [4.78, 5) is 88.7. The van der Waals surface area contributed by atoms with Gasteiger partial charge in [0.2, 0.25) is 23.6 Å². The van der Waals surface area contributed by atoms with Crippen LogP contribution in [0.5, 0.6) is 0 Å². The van der Waals surface area contributed by atoms with Crippen LogP contribution in [0.2, 0.25) is 0 Å². The predicted molar refractivity (Wildman–Crippen MR) is 226 cm³/mol. The number of aromatic nitrogens is 1. The van der Waals surface area contributed by atoms with Crippen LogP contribution < -0.4 is 38.5 Å². The third kappa shape index (κ3) is 10.6. The molecule has 0 radical (unpaired) electrons. The van der Waals surface area contributed by atoms with E-state index in [0.29, 0.717) is 6.42 Å². The molecule has 314 valence electrons. The smallest absolute Gasteiger partial charge is 0.407 e. The first-order valence-electron chi connectivity index (χ1n) is 20.0. The lowest BCUT2D eigenvalue weighted by molar-refractivity contribution is -0.134. The zero-order valence-corrected chi connectivity index (χ0v) is 33.3. The van der Waals surface area contributed by atoms with Crippen molar-refractivity contribution in [2.45, 2.75) is 75.5 Å². The lowest BCUT2D eigenvalue weighted by Gasteiger charge is -2.24. The van der Waals surface area contributed by atoms with Crippen molar-refractivity contribution < 1.29 is 33.5 Å². The zero-order valence-electron chi connectivity index (χ0n) is 33.3. The number of hydrogen-bond donors (Lipinski definition) is 8. The van der Waals surface area contributed by atoms with Gasteiger partial charge in [-0.05, 0) is 66.5 Å². The number of carbonyl (C=O) groups excluding carboxylic acids is 6. The third-order valence-corrected chi connectivity index (χ3v) is 10.9. The van der Waals surface area contributed by atoms with Crippen LogP contribution in [0.3, 0.4) is 0 Å². The number of nitrogens with two attached hydrogens (primary N) is 3. The van der Waals surface area contributed by atoms with Gasteiger partial charge in [-0.15, -0.1) is 0 Å². The van der Waals surface area contributed by atoms with Gasteiger partial charge in [0.1, 0.15) is 24.7 Å². The fourth-order valence-electron chi connectivity index (χ4n) is 7.71. The summed E-state index contributed by atoms with van der Waals surface area (Å²) in [6.07, 6.45) is 4.18. The summed E-state index contributed by atoms with van der Waals surface area (Å²) in [5.74, 6) is -4.50. The van der Waals surface area contributed by atoms with Crippen molar-refractivity contribution in [2.75, 3.05) is 13.2 Å².